The normalized spacial score (nSPS) is 11.1. The maximum atomic E-state index is 13.6. The topological polar surface area (TPSA) is 54.9 Å². The Bertz CT molecular complexity index is 822. The van der Waals surface area contributed by atoms with Crippen molar-refractivity contribution in [1.82, 2.24) is 10.6 Å². The van der Waals surface area contributed by atoms with E-state index in [2.05, 4.69) is 20.4 Å². The Kier molecular flexibility index (Phi) is 10.6. The molecule has 0 bridgehead atoms. The number of guanidine groups is 1. The second-order valence-corrected chi connectivity index (χ2v) is 5.70. The molecule has 2 rings (SSSR count). The minimum absolute atomic E-state index is 0. The van der Waals surface area contributed by atoms with Crippen LogP contribution in [0.4, 0.5) is 17.6 Å². The van der Waals surface area contributed by atoms with Gasteiger partial charge in [0, 0.05) is 25.7 Å². The molecular formula is C19H22F4IN3O2. The van der Waals surface area contributed by atoms with E-state index in [0.29, 0.717) is 18.9 Å². The highest BCUT2D eigenvalue weighted by molar-refractivity contribution is 14.0. The first-order chi connectivity index (χ1) is 13.4. The minimum Gasteiger partial charge on any atom is -0.493 e. The van der Waals surface area contributed by atoms with Crippen LogP contribution in [0.25, 0.3) is 0 Å². The number of aliphatic imine (C=N–C) groups is 1. The van der Waals surface area contributed by atoms with Crippen LogP contribution in [0.2, 0.25) is 0 Å². The molecule has 2 aromatic rings. The molecule has 0 amide bonds. The van der Waals surface area contributed by atoms with Crippen molar-refractivity contribution >= 4 is 29.9 Å². The van der Waals surface area contributed by atoms with Crippen molar-refractivity contribution in [3.05, 3.63) is 59.2 Å². The van der Waals surface area contributed by atoms with Gasteiger partial charge in [-0.1, -0.05) is 6.07 Å². The molecule has 2 aromatic carbocycles. The zero-order valence-corrected chi connectivity index (χ0v) is 18.2. The molecule has 0 spiro atoms. The van der Waals surface area contributed by atoms with Crippen LogP contribution in [0, 0.1) is 11.6 Å². The summed E-state index contributed by atoms with van der Waals surface area (Å²) in [6.45, 7) is -2.47. The standard InChI is InChI=1S/C19H21F4N3O2.HI/c1-24-19(26-11-13-10-14(20)4-5-15(13)21)25-8-7-12-3-6-16(27-2)17(9-12)28-18(22)23;/h3-6,9-10,18H,7-8,11H2,1-2H3,(H2,24,25,26);1H. The summed E-state index contributed by atoms with van der Waals surface area (Å²) >= 11 is 0. The summed E-state index contributed by atoms with van der Waals surface area (Å²) in [5, 5.41) is 5.90. The number of methoxy groups -OCH3 is 1. The molecule has 5 nitrogen and oxygen atoms in total. The Morgan fingerprint density at radius 2 is 1.83 bits per heavy atom. The molecule has 0 unspecified atom stereocenters. The molecule has 0 saturated carbocycles. The maximum absolute atomic E-state index is 13.6. The lowest BCUT2D eigenvalue weighted by Gasteiger charge is -2.14. The van der Waals surface area contributed by atoms with Gasteiger partial charge in [0.1, 0.15) is 11.6 Å². The lowest BCUT2D eigenvalue weighted by Crippen LogP contribution is -2.38. The average Bonchev–Trinajstić information content (AvgIpc) is 2.66. The Morgan fingerprint density at radius 1 is 1.07 bits per heavy atom. The van der Waals surface area contributed by atoms with Crippen LogP contribution in [0.15, 0.2) is 41.4 Å². The number of nitrogens with one attached hydrogen (secondary N) is 2. The summed E-state index contributed by atoms with van der Waals surface area (Å²) < 4.78 is 61.3. The van der Waals surface area contributed by atoms with Crippen molar-refractivity contribution in [2.24, 2.45) is 4.99 Å². The maximum Gasteiger partial charge on any atom is 0.387 e. The van der Waals surface area contributed by atoms with Crippen molar-refractivity contribution in [1.29, 1.82) is 0 Å². The molecule has 2 N–H and O–H groups in total. The molecule has 0 aliphatic heterocycles. The molecule has 0 fully saturated rings. The summed E-state index contributed by atoms with van der Waals surface area (Å²) in [6.07, 6.45) is 0.485. The third kappa shape index (κ3) is 7.95. The number of ether oxygens (including phenoxy) is 2. The van der Waals surface area contributed by atoms with Crippen LogP contribution < -0.4 is 20.1 Å². The number of benzene rings is 2. The van der Waals surface area contributed by atoms with Crippen LogP contribution in [0.5, 0.6) is 11.5 Å². The van der Waals surface area contributed by atoms with Crippen molar-refractivity contribution in [2.75, 3.05) is 20.7 Å². The fraction of sp³-hybridized carbons (Fsp3) is 0.316. The molecule has 29 heavy (non-hydrogen) atoms. The first-order valence-corrected chi connectivity index (χ1v) is 8.43. The zero-order valence-electron chi connectivity index (χ0n) is 15.8. The van der Waals surface area contributed by atoms with E-state index in [1.54, 1.807) is 19.2 Å². The van der Waals surface area contributed by atoms with Crippen LogP contribution in [0.1, 0.15) is 11.1 Å². The number of hydrogen-bond acceptors (Lipinski definition) is 3. The highest BCUT2D eigenvalue weighted by Gasteiger charge is 2.11. The van der Waals surface area contributed by atoms with E-state index in [4.69, 9.17) is 4.74 Å². The number of halogens is 5. The van der Waals surface area contributed by atoms with E-state index in [0.717, 1.165) is 23.8 Å². The van der Waals surface area contributed by atoms with Gasteiger partial charge in [-0.25, -0.2) is 8.78 Å². The Hall–Kier alpha value is -2.24. The predicted octanol–water partition coefficient (Wildman–Crippen LogP) is 4.10. The molecule has 0 saturated heterocycles. The second-order valence-electron chi connectivity index (χ2n) is 5.70. The quantitative estimate of drug-likeness (QED) is 0.235. The van der Waals surface area contributed by atoms with E-state index in [1.165, 1.54) is 13.2 Å². The summed E-state index contributed by atoms with van der Waals surface area (Å²) in [7, 11) is 2.91. The van der Waals surface area contributed by atoms with E-state index < -0.39 is 18.2 Å². The Labute approximate surface area is 183 Å². The predicted molar refractivity (Wildman–Crippen MR) is 113 cm³/mol. The second kappa shape index (κ2) is 12.3. The van der Waals surface area contributed by atoms with Gasteiger partial charge in [-0.2, -0.15) is 8.78 Å². The largest absolute Gasteiger partial charge is 0.493 e. The number of hydrogen-bond donors (Lipinski definition) is 2. The molecule has 0 radical (unpaired) electrons. The smallest absolute Gasteiger partial charge is 0.387 e. The third-order valence-corrected chi connectivity index (χ3v) is 3.83. The highest BCUT2D eigenvalue weighted by atomic mass is 127. The fourth-order valence-electron chi connectivity index (χ4n) is 2.47. The van der Waals surface area contributed by atoms with Gasteiger partial charge in [-0.05, 0) is 42.3 Å². The molecule has 0 aliphatic carbocycles. The number of nitrogens with zero attached hydrogens (tertiary/aromatic N) is 1. The fourth-order valence-corrected chi connectivity index (χ4v) is 2.47. The van der Waals surface area contributed by atoms with Crippen molar-refractivity contribution in [3.63, 3.8) is 0 Å². The van der Waals surface area contributed by atoms with Crippen LogP contribution in [-0.2, 0) is 13.0 Å². The first-order valence-electron chi connectivity index (χ1n) is 8.43. The van der Waals surface area contributed by atoms with Gasteiger partial charge < -0.3 is 20.1 Å². The third-order valence-electron chi connectivity index (χ3n) is 3.83. The molecule has 160 valence electrons. The molecule has 0 aliphatic rings. The van der Waals surface area contributed by atoms with Crippen molar-refractivity contribution < 1.29 is 27.0 Å². The number of rotatable bonds is 8. The summed E-state index contributed by atoms with van der Waals surface area (Å²) in [5.41, 5.74) is 0.919. The molecule has 0 heterocycles. The van der Waals surface area contributed by atoms with Crippen LogP contribution >= 0.6 is 24.0 Å². The first kappa shape index (κ1) is 24.8. The van der Waals surface area contributed by atoms with Gasteiger partial charge in [-0.3, -0.25) is 4.99 Å². The van der Waals surface area contributed by atoms with Gasteiger partial charge in [-0.15, -0.1) is 24.0 Å². The van der Waals surface area contributed by atoms with Crippen molar-refractivity contribution in [3.8, 4) is 11.5 Å². The van der Waals surface area contributed by atoms with Gasteiger partial charge in [0.15, 0.2) is 17.5 Å². The molecule has 10 heteroatoms. The summed E-state index contributed by atoms with van der Waals surface area (Å²) in [6, 6.07) is 7.98. The summed E-state index contributed by atoms with van der Waals surface area (Å²) in [5.74, 6) is -0.483. The minimum atomic E-state index is -2.95. The van der Waals surface area contributed by atoms with Gasteiger partial charge >= 0.3 is 6.61 Å². The molecular weight excluding hydrogens is 505 g/mol. The van der Waals surface area contributed by atoms with E-state index in [1.807, 2.05) is 0 Å². The van der Waals surface area contributed by atoms with Crippen LogP contribution in [-0.4, -0.2) is 33.3 Å². The molecule has 0 atom stereocenters. The Balaban J connectivity index is 0.00000420. The van der Waals surface area contributed by atoms with Crippen LogP contribution in [0.3, 0.4) is 0 Å². The highest BCUT2D eigenvalue weighted by Crippen LogP contribution is 2.29. The summed E-state index contributed by atoms with van der Waals surface area (Å²) in [4.78, 5) is 4.01. The SMILES string of the molecule is CN=C(NCCc1ccc(OC)c(OC(F)F)c1)NCc1cc(F)ccc1F.I. The van der Waals surface area contributed by atoms with E-state index in [-0.39, 0.29) is 47.6 Å². The van der Waals surface area contributed by atoms with Gasteiger partial charge in [0.05, 0.1) is 7.11 Å². The molecule has 0 aromatic heterocycles. The lowest BCUT2D eigenvalue weighted by molar-refractivity contribution is -0.0512. The van der Waals surface area contributed by atoms with E-state index >= 15 is 0 Å². The number of alkyl halides is 2. The Morgan fingerprint density at radius 3 is 2.48 bits per heavy atom. The van der Waals surface area contributed by atoms with Gasteiger partial charge in [0.25, 0.3) is 0 Å². The van der Waals surface area contributed by atoms with Gasteiger partial charge in [0.2, 0.25) is 0 Å². The van der Waals surface area contributed by atoms with E-state index in [9.17, 15) is 17.6 Å². The lowest BCUT2D eigenvalue weighted by atomic mass is 10.1. The monoisotopic (exact) mass is 527 g/mol. The average molecular weight is 527 g/mol. The zero-order chi connectivity index (χ0) is 20.5. The van der Waals surface area contributed by atoms with Crippen molar-refractivity contribution in [2.45, 2.75) is 19.6 Å².